The van der Waals surface area contributed by atoms with Gasteiger partial charge in [0.1, 0.15) is 0 Å². The predicted molar refractivity (Wildman–Crippen MR) is 80.9 cm³/mol. The van der Waals surface area contributed by atoms with Gasteiger partial charge < -0.3 is 9.64 Å². The van der Waals surface area contributed by atoms with E-state index in [0.29, 0.717) is 18.1 Å². The molecule has 0 bridgehead atoms. The summed E-state index contributed by atoms with van der Waals surface area (Å²) in [4.78, 5) is 4.43. The summed E-state index contributed by atoms with van der Waals surface area (Å²) in [6.07, 6.45) is -0.879. The molecule has 2 saturated heterocycles. The van der Waals surface area contributed by atoms with Crippen LogP contribution in [0.25, 0.3) is 0 Å². The molecule has 2 heterocycles. The third-order valence-electron chi connectivity index (χ3n) is 4.77. The van der Waals surface area contributed by atoms with Gasteiger partial charge in [-0.15, -0.1) is 0 Å². The molecule has 0 aromatic heterocycles. The number of halogens is 3. The first-order chi connectivity index (χ1) is 10.3. The number of nitrogens with zero attached hydrogens (tertiary/aromatic N) is 2. The third kappa shape index (κ3) is 6.42. The molecule has 0 amide bonds. The van der Waals surface area contributed by atoms with Crippen molar-refractivity contribution < 1.29 is 17.9 Å². The summed E-state index contributed by atoms with van der Waals surface area (Å²) in [5, 5.41) is 0. The van der Waals surface area contributed by atoms with Crippen LogP contribution >= 0.6 is 0 Å². The minimum atomic E-state index is -4.03. The average Bonchev–Trinajstić information content (AvgIpc) is 2.42. The molecule has 0 unspecified atom stereocenters. The molecule has 6 heteroatoms. The van der Waals surface area contributed by atoms with Gasteiger partial charge in [-0.1, -0.05) is 0 Å². The topological polar surface area (TPSA) is 15.7 Å². The number of hydrogen-bond donors (Lipinski definition) is 0. The van der Waals surface area contributed by atoms with Gasteiger partial charge in [-0.05, 0) is 58.7 Å². The van der Waals surface area contributed by atoms with Crippen LogP contribution in [0.2, 0.25) is 0 Å². The number of hydrogen-bond acceptors (Lipinski definition) is 3. The van der Waals surface area contributed by atoms with Crippen molar-refractivity contribution in [1.82, 2.24) is 9.80 Å². The van der Waals surface area contributed by atoms with Gasteiger partial charge in [0.25, 0.3) is 0 Å². The smallest absolute Gasteiger partial charge is 0.373 e. The van der Waals surface area contributed by atoms with E-state index < -0.39 is 12.6 Å². The van der Waals surface area contributed by atoms with Gasteiger partial charge in [0.2, 0.25) is 0 Å². The summed E-state index contributed by atoms with van der Waals surface area (Å²) in [7, 11) is 0. The number of rotatable bonds is 5. The molecule has 130 valence electrons. The molecular formula is C16H29F3N2O. The fourth-order valence-corrected chi connectivity index (χ4v) is 3.62. The van der Waals surface area contributed by atoms with Crippen molar-refractivity contribution >= 4 is 0 Å². The number of ether oxygens (including phenoxy) is 1. The van der Waals surface area contributed by atoms with Crippen LogP contribution in [0.5, 0.6) is 0 Å². The van der Waals surface area contributed by atoms with E-state index in [1.54, 1.807) is 0 Å². The van der Waals surface area contributed by atoms with Gasteiger partial charge in [0.15, 0.2) is 0 Å². The van der Waals surface area contributed by atoms with Crippen LogP contribution in [-0.2, 0) is 4.74 Å². The highest BCUT2D eigenvalue weighted by atomic mass is 19.4. The van der Waals surface area contributed by atoms with E-state index in [1.807, 2.05) is 4.90 Å². The lowest BCUT2D eigenvalue weighted by Gasteiger charge is -2.37. The first-order valence-corrected chi connectivity index (χ1v) is 8.49. The van der Waals surface area contributed by atoms with E-state index in [2.05, 4.69) is 18.7 Å². The molecular weight excluding hydrogens is 293 g/mol. The van der Waals surface area contributed by atoms with Gasteiger partial charge in [0, 0.05) is 19.6 Å². The van der Waals surface area contributed by atoms with Crippen LogP contribution in [0.3, 0.4) is 0 Å². The average molecular weight is 322 g/mol. The second kappa shape index (κ2) is 7.97. The Bertz CT molecular complexity index is 320. The van der Waals surface area contributed by atoms with Crippen LogP contribution in [-0.4, -0.2) is 67.5 Å². The molecule has 22 heavy (non-hydrogen) atoms. The van der Waals surface area contributed by atoms with Crippen molar-refractivity contribution in [2.45, 2.75) is 57.9 Å². The summed E-state index contributed by atoms with van der Waals surface area (Å²) in [6, 6.07) is 0. The lowest BCUT2D eigenvalue weighted by Crippen LogP contribution is -2.46. The van der Waals surface area contributed by atoms with Crippen molar-refractivity contribution in [2.24, 2.45) is 5.92 Å². The first-order valence-electron chi connectivity index (χ1n) is 8.49. The minimum Gasteiger partial charge on any atom is -0.373 e. The van der Waals surface area contributed by atoms with Crippen molar-refractivity contribution in [1.29, 1.82) is 0 Å². The molecule has 2 aliphatic rings. The third-order valence-corrected chi connectivity index (χ3v) is 4.77. The Hall–Kier alpha value is -0.330. The maximum atomic E-state index is 12.2. The van der Waals surface area contributed by atoms with Crippen molar-refractivity contribution in [2.75, 3.05) is 39.3 Å². The van der Waals surface area contributed by atoms with E-state index in [0.717, 1.165) is 52.0 Å². The largest absolute Gasteiger partial charge is 0.390 e. The fourth-order valence-electron chi connectivity index (χ4n) is 3.62. The lowest BCUT2D eigenvalue weighted by atomic mass is 9.93. The zero-order chi connectivity index (χ0) is 16.2. The molecule has 2 aliphatic heterocycles. The van der Waals surface area contributed by atoms with E-state index >= 15 is 0 Å². The summed E-state index contributed by atoms with van der Waals surface area (Å²) >= 11 is 0. The highest BCUT2D eigenvalue weighted by Crippen LogP contribution is 2.24. The van der Waals surface area contributed by atoms with Crippen molar-refractivity contribution in [3.8, 4) is 0 Å². The SMILES string of the molecule is C[C@@H]1CN(CCC2CCN(CCC(F)(F)F)CC2)C[C@@H](C)O1. The Labute approximate surface area is 131 Å². The van der Waals surface area contributed by atoms with Crippen LogP contribution in [0.4, 0.5) is 13.2 Å². The standard InChI is InChI=1S/C16H29F3N2O/c1-13-11-21(12-14(2)22-13)9-5-15-3-7-20(8-4-15)10-6-16(17,18)19/h13-15H,3-12H2,1-2H3/t13-,14-/m1/s1. The van der Waals surface area contributed by atoms with Crippen LogP contribution < -0.4 is 0 Å². The molecule has 0 aliphatic carbocycles. The van der Waals surface area contributed by atoms with Crippen LogP contribution in [0, 0.1) is 5.92 Å². The Morgan fingerprint density at radius 3 is 2.09 bits per heavy atom. The molecule has 0 aromatic rings. The second-order valence-corrected chi connectivity index (χ2v) is 6.96. The second-order valence-electron chi connectivity index (χ2n) is 6.96. The summed E-state index contributed by atoms with van der Waals surface area (Å²) < 4.78 is 42.4. The van der Waals surface area contributed by atoms with Crippen LogP contribution in [0.15, 0.2) is 0 Å². The highest BCUT2D eigenvalue weighted by Gasteiger charge is 2.29. The fraction of sp³-hybridized carbons (Fsp3) is 1.00. The predicted octanol–water partition coefficient (Wildman–Crippen LogP) is 3.15. The Morgan fingerprint density at radius 1 is 0.955 bits per heavy atom. The zero-order valence-corrected chi connectivity index (χ0v) is 13.7. The highest BCUT2D eigenvalue weighted by molar-refractivity contribution is 4.77. The van der Waals surface area contributed by atoms with E-state index in [-0.39, 0.29) is 6.54 Å². The monoisotopic (exact) mass is 322 g/mol. The Kier molecular flexibility index (Phi) is 6.53. The molecule has 3 nitrogen and oxygen atoms in total. The molecule has 2 fully saturated rings. The molecule has 0 N–H and O–H groups in total. The number of alkyl halides is 3. The van der Waals surface area contributed by atoms with Gasteiger partial charge in [0.05, 0.1) is 18.6 Å². The van der Waals surface area contributed by atoms with E-state index in [4.69, 9.17) is 4.74 Å². The quantitative estimate of drug-likeness (QED) is 0.773. The maximum absolute atomic E-state index is 12.2. The Balaban J connectivity index is 1.61. The minimum absolute atomic E-state index is 0.161. The van der Waals surface area contributed by atoms with E-state index in [9.17, 15) is 13.2 Å². The molecule has 2 rings (SSSR count). The molecule has 0 aromatic carbocycles. The van der Waals surface area contributed by atoms with Gasteiger partial charge in [-0.25, -0.2) is 0 Å². The van der Waals surface area contributed by atoms with Crippen LogP contribution in [0.1, 0.15) is 39.5 Å². The van der Waals surface area contributed by atoms with Gasteiger partial charge in [-0.2, -0.15) is 13.2 Å². The number of morpholine rings is 1. The summed E-state index contributed by atoms with van der Waals surface area (Å²) in [5.41, 5.74) is 0. The van der Waals surface area contributed by atoms with Crippen molar-refractivity contribution in [3.63, 3.8) is 0 Å². The van der Waals surface area contributed by atoms with Crippen molar-refractivity contribution in [3.05, 3.63) is 0 Å². The molecule has 0 spiro atoms. The molecule has 2 atom stereocenters. The summed E-state index contributed by atoms with van der Waals surface area (Å²) in [5.74, 6) is 0.663. The van der Waals surface area contributed by atoms with Gasteiger partial charge >= 0.3 is 6.18 Å². The normalized spacial score (nSPS) is 29.9. The summed E-state index contributed by atoms with van der Waals surface area (Å²) in [6.45, 7) is 9.10. The Morgan fingerprint density at radius 2 is 1.55 bits per heavy atom. The van der Waals surface area contributed by atoms with Gasteiger partial charge in [-0.3, -0.25) is 4.90 Å². The molecule has 0 radical (unpaired) electrons. The number of piperidine rings is 1. The van der Waals surface area contributed by atoms with E-state index in [1.165, 1.54) is 0 Å². The zero-order valence-electron chi connectivity index (χ0n) is 13.7. The lowest BCUT2D eigenvalue weighted by molar-refractivity contribution is -0.138. The number of likely N-dealkylation sites (tertiary alicyclic amines) is 1. The first kappa shape index (κ1) is 18.0. The molecule has 0 saturated carbocycles. The maximum Gasteiger partial charge on any atom is 0.390 e.